The van der Waals surface area contributed by atoms with Crippen molar-refractivity contribution in [1.82, 2.24) is 14.5 Å². The van der Waals surface area contributed by atoms with Gasteiger partial charge in [0.2, 0.25) is 0 Å². The molecule has 1 N–H and O–H groups in total. The van der Waals surface area contributed by atoms with Crippen LogP contribution in [0.3, 0.4) is 0 Å². The van der Waals surface area contributed by atoms with Gasteiger partial charge in [-0.2, -0.15) is 0 Å². The minimum atomic E-state index is 0.765. The molecule has 0 aliphatic carbocycles. The third-order valence-corrected chi connectivity index (χ3v) is 4.05. The standard InChI is InChI=1S/C14H19N3O2S/c1-18-11-2-3-13-12(10-11)15-14(20)17(13)5-4-16-6-8-19-9-7-16/h2-3,10H,4-9H2,1H3,(H,15,20). The van der Waals surface area contributed by atoms with E-state index in [1.165, 1.54) is 0 Å². The third-order valence-electron chi connectivity index (χ3n) is 3.72. The van der Waals surface area contributed by atoms with Crippen LogP contribution in [0.25, 0.3) is 11.0 Å². The zero-order chi connectivity index (χ0) is 13.9. The molecule has 0 amide bonds. The predicted octanol–water partition coefficient (Wildman–Crippen LogP) is 2.04. The van der Waals surface area contributed by atoms with E-state index in [1.807, 2.05) is 12.1 Å². The lowest BCUT2D eigenvalue weighted by Crippen LogP contribution is -2.38. The minimum Gasteiger partial charge on any atom is -0.497 e. The normalized spacial score (nSPS) is 16.6. The van der Waals surface area contributed by atoms with Gasteiger partial charge in [-0.1, -0.05) is 0 Å². The van der Waals surface area contributed by atoms with Gasteiger partial charge in [-0.25, -0.2) is 0 Å². The molecule has 0 bridgehead atoms. The maximum atomic E-state index is 5.42. The number of benzene rings is 1. The highest BCUT2D eigenvalue weighted by Crippen LogP contribution is 2.20. The van der Waals surface area contributed by atoms with Gasteiger partial charge < -0.3 is 19.0 Å². The Bertz CT molecular complexity index is 643. The Morgan fingerprint density at radius 3 is 2.85 bits per heavy atom. The van der Waals surface area contributed by atoms with Crippen LogP contribution in [0.2, 0.25) is 0 Å². The van der Waals surface area contributed by atoms with Crippen LogP contribution >= 0.6 is 12.2 Å². The molecule has 1 fully saturated rings. The van der Waals surface area contributed by atoms with Crippen LogP contribution in [0, 0.1) is 4.77 Å². The van der Waals surface area contributed by atoms with Crippen molar-refractivity contribution in [3.63, 3.8) is 0 Å². The molecule has 1 aliphatic heterocycles. The van der Waals surface area contributed by atoms with Crippen molar-refractivity contribution in [3.8, 4) is 5.75 Å². The first-order valence-electron chi connectivity index (χ1n) is 6.84. The second-order valence-electron chi connectivity index (χ2n) is 4.92. The monoisotopic (exact) mass is 293 g/mol. The summed E-state index contributed by atoms with van der Waals surface area (Å²) in [5.41, 5.74) is 2.15. The lowest BCUT2D eigenvalue weighted by atomic mass is 10.3. The molecule has 2 aromatic rings. The molecule has 20 heavy (non-hydrogen) atoms. The topological polar surface area (TPSA) is 42.4 Å². The summed E-state index contributed by atoms with van der Waals surface area (Å²) < 4.78 is 13.5. The molecular weight excluding hydrogens is 274 g/mol. The van der Waals surface area contributed by atoms with Crippen LogP contribution in [-0.2, 0) is 11.3 Å². The van der Waals surface area contributed by atoms with E-state index >= 15 is 0 Å². The quantitative estimate of drug-likeness (QED) is 0.876. The number of ether oxygens (including phenoxy) is 2. The fraction of sp³-hybridized carbons (Fsp3) is 0.500. The number of nitrogens with zero attached hydrogens (tertiary/aromatic N) is 2. The van der Waals surface area contributed by atoms with E-state index in [4.69, 9.17) is 21.7 Å². The van der Waals surface area contributed by atoms with Crippen molar-refractivity contribution in [2.24, 2.45) is 0 Å². The second kappa shape index (κ2) is 5.95. The van der Waals surface area contributed by atoms with Crippen molar-refractivity contribution < 1.29 is 9.47 Å². The Morgan fingerprint density at radius 1 is 1.30 bits per heavy atom. The van der Waals surface area contributed by atoms with Gasteiger partial charge in [-0.05, 0) is 24.4 Å². The zero-order valence-corrected chi connectivity index (χ0v) is 12.4. The molecule has 6 heteroatoms. The van der Waals surface area contributed by atoms with Crippen molar-refractivity contribution in [3.05, 3.63) is 23.0 Å². The Hall–Kier alpha value is -1.37. The molecule has 3 rings (SSSR count). The smallest absolute Gasteiger partial charge is 0.178 e. The Labute approximate surface area is 123 Å². The average molecular weight is 293 g/mol. The molecule has 108 valence electrons. The molecule has 5 nitrogen and oxygen atoms in total. The number of aromatic amines is 1. The first kappa shape index (κ1) is 13.6. The van der Waals surface area contributed by atoms with Crippen molar-refractivity contribution in [2.75, 3.05) is 40.0 Å². The van der Waals surface area contributed by atoms with Gasteiger partial charge in [0, 0.05) is 32.2 Å². The molecule has 1 saturated heterocycles. The number of aromatic nitrogens is 2. The van der Waals surface area contributed by atoms with Crippen molar-refractivity contribution in [2.45, 2.75) is 6.54 Å². The maximum Gasteiger partial charge on any atom is 0.178 e. The van der Waals surface area contributed by atoms with Gasteiger partial charge in [0.25, 0.3) is 0 Å². The van der Waals surface area contributed by atoms with Crippen LogP contribution in [0.15, 0.2) is 18.2 Å². The van der Waals surface area contributed by atoms with Gasteiger partial charge in [0.1, 0.15) is 5.75 Å². The predicted molar refractivity (Wildman–Crippen MR) is 80.9 cm³/mol. The van der Waals surface area contributed by atoms with Crippen LogP contribution in [-0.4, -0.2) is 54.4 Å². The molecule has 0 unspecified atom stereocenters. The van der Waals surface area contributed by atoms with E-state index < -0.39 is 0 Å². The van der Waals surface area contributed by atoms with E-state index in [0.717, 1.165) is 60.9 Å². The fourth-order valence-electron chi connectivity index (χ4n) is 2.56. The number of rotatable bonds is 4. The molecule has 1 aromatic heterocycles. The molecule has 0 spiro atoms. The summed E-state index contributed by atoms with van der Waals surface area (Å²) in [6.07, 6.45) is 0. The third kappa shape index (κ3) is 2.72. The van der Waals surface area contributed by atoms with Crippen LogP contribution in [0.4, 0.5) is 0 Å². The summed E-state index contributed by atoms with van der Waals surface area (Å²) >= 11 is 5.42. The molecule has 2 heterocycles. The number of imidazole rings is 1. The van der Waals surface area contributed by atoms with Gasteiger partial charge >= 0.3 is 0 Å². The summed E-state index contributed by atoms with van der Waals surface area (Å²) in [4.78, 5) is 5.65. The number of fused-ring (bicyclic) bond motifs is 1. The maximum absolute atomic E-state index is 5.42. The molecule has 1 aliphatic rings. The van der Waals surface area contributed by atoms with E-state index in [-0.39, 0.29) is 0 Å². The number of hydrogen-bond acceptors (Lipinski definition) is 4. The summed E-state index contributed by atoms with van der Waals surface area (Å²) in [5, 5.41) is 0. The van der Waals surface area contributed by atoms with Gasteiger partial charge in [0.15, 0.2) is 4.77 Å². The molecule has 0 saturated carbocycles. The number of H-pyrrole nitrogens is 1. The second-order valence-corrected chi connectivity index (χ2v) is 5.31. The van der Waals surface area contributed by atoms with E-state index in [2.05, 4.69) is 20.5 Å². The fourth-order valence-corrected chi connectivity index (χ4v) is 2.86. The highest BCUT2D eigenvalue weighted by Gasteiger charge is 2.11. The summed E-state index contributed by atoms with van der Waals surface area (Å²) in [7, 11) is 1.67. The van der Waals surface area contributed by atoms with Crippen LogP contribution in [0.1, 0.15) is 0 Å². The van der Waals surface area contributed by atoms with Crippen LogP contribution in [0.5, 0.6) is 5.75 Å². The lowest BCUT2D eigenvalue weighted by Gasteiger charge is -2.26. The highest BCUT2D eigenvalue weighted by atomic mass is 32.1. The van der Waals surface area contributed by atoms with Gasteiger partial charge in [-0.3, -0.25) is 4.90 Å². The SMILES string of the molecule is COc1ccc2c(c1)[nH]c(=S)n2CCN1CCOCC1. The lowest BCUT2D eigenvalue weighted by molar-refractivity contribution is 0.0365. The van der Waals surface area contributed by atoms with Gasteiger partial charge in [0.05, 0.1) is 31.4 Å². The van der Waals surface area contributed by atoms with E-state index in [9.17, 15) is 0 Å². The number of morpholine rings is 1. The van der Waals surface area contributed by atoms with Gasteiger partial charge in [-0.15, -0.1) is 0 Å². The molecule has 1 aromatic carbocycles. The molecule has 0 atom stereocenters. The molecular formula is C14H19N3O2S. The van der Waals surface area contributed by atoms with Crippen molar-refractivity contribution in [1.29, 1.82) is 0 Å². The minimum absolute atomic E-state index is 0.765. The molecule has 0 radical (unpaired) electrons. The summed E-state index contributed by atoms with van der Waals surface area (Å²) in [6.45, 7) is 5.56. The van der Waals surface area contributed by atoms with Crippen LogP contribution < -0.4 is 4.74 Å². The van der Waals surface area contributed by atoms with Crippen molar-refractivity contribution >= 4 is 23.3 Å². The number of methoxy groups -OCH3 is 1. The average Bonchev–Trinajstić information content (AvgIpc) is 2.80. The number of hydrogen-bond donors (Lipinski definition) is 1. The largest absolute Gasteiger partial charge is 0.497 e. The Balaban J connectivity index is 1.80. The first-order chi connectivity index (χ1) is 9.78. The first-order valence-corrected chi connectivity index (χ1v) is 7.25. The number of nitrogens with one attached hydrogen (secondary N) is 1. The summed E-state index contributed by atoms with van der Waals surface area (Å²) in [6, 6.07) is 6.01. The van der Waals surface area contributed by atoms with E-state index in [1.54, 1.807) is 7.11 Å². The Kier molecular flexibility index (Phi) is 4.05. The van der Waals surface area contributed by atoms with E-state index in [0.29, 0.717) is 0 Å². The zero-order valence-electron chi connectivity index (χ0n) is 11.6. The summed E-state index contributed by atoms with van der Waals surface area (Å²) in [5.74, 6) is 0.842. The Morgan fingerprint density at radius 2 is 2.10 bits per heavy atom. The highest BCUT2D eigenvalue weighted by molar-refractivity contribution is 7.71.